The topological polar surface area (TPSA) is 178 Å². The Morgan fingerprint density at radius 3 is 2.40 bits per heavy atom. The SMILES string of the molecule is CC1CCC(Cc2cccc(-c3ccc4c(c3O)C(=O)C3=C(O)[C@]5(O)C(=O)C(C(N)=O)=C(O)C[C@@H]5[C@@H](O)[C@@H]3[C@H]4C)c2)CC1. The van der Waals surface area contributed by atoms with E-state index in [0.717, 1.165) is 23.5 Å². The molecule has 0 radical (unpaired) electrons. The molecule has 2 aromatic rings. The number of aromatic hydroxyl groups is 1. The van der Waals surface area contributed by atoms with E-state index in [1.54, 1.807) is 19.1 Å². The first kappa shape index (κ1) is 29.1. The third-order valence-electron chi connectivity index (χ3n) is 10.4. The highest BCUT2D eigenvalue weighted by molar-refractivity contribution is 6.24. The first-order chi connectivity index (χ1) is 20.4. The number of carbonyl (C=O) groups excluding carboxylic acids is 3. The molecule has 0 heterocycles. The molecule has 0 bridgehead atoms. The second-order valence-corrected chi connectivity index (χ2v) is 12.9. The summed E-state index contributed by atoms with van der Waals surface area (Å²) in [7, 11) is 0. The van der Waals surface area contributed by atoms with Gasteiger partial charge in [0.1, 0.15) is 22.8 Å². The summed E-state index contributed by atoms with van der Waals surface area (Å²) in [6.07, 6.45) is 3.66. The van der Waals surface area contributed by atoms with Gasteiger partial charge in [-0.05, 0) is 53.7 Å². The van der Waals surface area contributed by atoms with E-state index < -0.39 is 76.0 Å². The van der Waals surface area contributed by atoms with Gasteiger partial charge in [0.05, 0.1) is 11.7 Å². The van der Waals surface area contributed by atoms with Crippen LogP contribution in [-0.2, 0) is 16.0 Å². The maximum atomic E-state index is 14.1. The highest BCUT2D eigenvalue weighted by atomic mass is 16.4. The smallest absolute Gasteiger partial charge is 0.255 e. The van der Waals surface area contributed by atoms with E-state index in [9.17, 15) is 39.9 Å². The fraction of sp³-hybridized carbons (Fsp3) is 0.441. The zero-order chi connectivity index (χ0) is 31.0. The number of phenolic OH excluding ortho intramolecular Hbond substituents is 1. The molecule has 4 aliphatic carbocycles. The molecule has 0 aliphatic heterocycles. The van der Waals surface area contributed by atoms with E-state index in [1.807, 2.05) is 18.2 Å². The van der Waals surface area contributed by atoms with Crippen molar-refractivity contribution in [3.63, 3.8) is 0 Å². The van der Waals surface area contributed by atoms with Crippen LogP contribution in [0.25, 0.3) is 11.1 Å². The van der Waals surface area contributed by atoms with Crippen LogP contribution in [0.2, 0.25) is 0 Å². The van der Waals surface area contributed by atoms with Gasteiger partial charge in [0.2, 0.25) is 5.78 Å². The molecule has 9 nitrogen and oxygen atoms in total. The van der Waals surface area contributed by atoms with E-state index in [4.69, 9.17) is 5.73 Å². The Kier molecular flexibility index (Phi) is 7.01. The molecule has 1 amide bonds. The highest BCUT2D eigenvalue weighted by Gasteiger charge is 2.64. The summed E-state index contributed by atoms with van der Waals surface area (Å²) in [6, 6.07) is 11.3. The number of carbonyl (C=O) groups is 3. The molecule has 0 spiro atoms. The number of benzene rings is 2. The minimum Gasteiger partial charge on any atom is -0.511 e. The van der Waals surface area contributed by atoms with Crippen LogP contribution in [0.3, 0.4) is 0 Å². The lowest BCUT2D eigenvalue weighted by Crippen LogP contribution is -2.62. The Hall–Kier alpha value is -3.95. The molecule has 226 valence electrons. The second kappa shape index (κ2) is 10.3. The quantitative estimate of drug-likeness (QED) is 0.289. The molecule has 7 N–H and O–H groups in total. The number of rotatable bonds is 4. The van der Waals surface area contributed by atoms with Crippen molar-refractivity contribution >= 4 is 17.5 Å². The number of primary amides is 1. The number of Topliss-reactive ketones (excluding diaryl/α,β-unsaturated/α-hetero) is 2. The lowest BCUT2D eigenvalue weighted by atomic mass is 9.56. The number of nitrogens with two attached hydrogens (primary N) is 1. The van der Waals surface area contributed by atoms with Crippen molar-refractivity contribution in [1.82, 2.24) is 0 Å². The molecule has 9 heteroatoms. The molecule has 6 rings (SSSR count). The summed E-state index contributed by atoms with van der Waals surface area (Å²) in [5.74, 6) is -7.27. The van der Waals surface area contributed by atoms with Gasteiger partial charge in [-0.3, -0.25) is 14.4 Å². The number of hydrogen-bond donors (Lipinski definition) is 6. The van der Waals surface area contributed by atoms with Gasteiger partial charge in [0.25, 0.3) is 5.91 Å². The zero-order valence-corrected chi connectivity index (χ0v) is 24.2. The number of aliphatic hydroxyl groups excluding tert-OH is 3. The van der Waals surface area contributed by atoms with Crippen LogP contribution < -0.4 is 5.73 Å². The summed E-state index contributed by atoms with van der Waals surface area (Å²) in [4.78, 5) is 39.2. The fourth-order valence-electron chi connectivity index (χ4n) is 7.96. The average Bonchev–Trinajstić information content (AvgIpc) is 2.96. The predicted octanol–water partition coefficient (Wildman–Crippen LogP) is 4.15. The first-order valence-electron chi connectivity index (χ1n) is 15.0. The summed E-state index contributed by atoms with van der Waals surface area (Å²) in [6.45, 7) is 4.01. The Labute approximate surface area is 249 Å². The lowest BCUT2D eigenvalue weighted by Gasteiger charge is -2.50. The summed E-state index contributed by atoms with van der Waals surface area (Å²) < 4.78 is 0. The van der Waals surface area contributed by atoms with Crippen LogP contribution in [0.4, 0.5) is 0 Å². The van der Waals surface area contributed by atoms with E-state index in [1.165, 1.54) is 25.7 Å². The van der Waals surface area contributed by atoms with Crippen LogP contribution in [0, 0.1) is 23.7 Å². The largest absolute Gasteiger partial charge is 0.511 e. The zero-order valence-electron chi connectivity index (χ0n) is 24.2. The van der Waals surface area contributed by atoms with Gasteiger partial charge < -0.3 is 31.3 Å². The third-order valence-corrected chi connectivity index (χ3v) is 10.4. The monoisotopic (exact) mass is 587 g/mol. The van der Waals surface area contributed by atoms with E-state index in [0.29, 0.717) is 17.0 Å². The average molecular weight is 588 g/mol. The molecule has 0 aromatic heterocycles. The van der Waals surface area contributed by atoms with Gasteiger partial charge in [-0.2, -0.15) is 0 Å². The third kappa shape index (κ3) is 4.32. The molecule has 43 heavy (non-hydrogen) atoms. The van der Waals surface area contributed by atoms with Gasteiger partial charge in [-0.1, -0.05) is 63.1 Å². The molecule has 2 aromatic carbocycles. The van der Waals surface area contributed by atoms with Crippen molar-refractivity contribution in [3.05, 3.63) is 75.8 Å². The van der Waals surface area contributed by atoms with E-state index >= 15 is 0 Å². The highest BCUT2D eigenvalue weighted by Crippen LogP contribution is 2.55. The van der Waals surface area contributed by atoms with Crippen LogP contribution in [0.1, 0.15) is 73.4 Å². The van der Waals surface area contributed by atoms with Gasteiger partial charge >= 0.3 is 0 Å². The van der Waals surface area contributed by atoms with Crippen molar-refractivity contribution in [2.45, 2.75) is 70.0 Å². The molecule has 0 unspecified atom stereocenters. The number of aliphatic hydroxyl groups is 4. The van der Waals surface area contributed by atoms with Crippen LogP contribution in [0.15, 0.2) is 59.1 Å². The van der Waals surface area contributed by atoms with E-state index in [2.05, 4.69) is 13.0 Å². The molecule has 1 fully saturated rings. The number of amides is 1. The minimum absolute atomic E-state index is 0.0829. The van der Waals surface area contributed by atoms with Crippen molar-refractivity contribution in [2.75, 3.05) is 0 Å². The summed E-state index contributed by atoms with van der Waals surface area (Å²) in [5.41, 5.74) is 3.76. The maximum Gasteiger partial charge on any atom is 0.255 e. The second-order valence-electron chi connectivity index (χ2n) is 12.9. The number of ketones is 2. The maximum absolute atomic E-state index is 14.1. The number of phenols is 1. The normalized spacial score (nSPS) is 32.3. The molecule has 5 atom stereocenters. The lowest BCUT2D eigenvalue weighted by molar-refractivity contribution is -0.154. The van der Waals surface area contributed by atoms with Crippen LogP contribution in [-0.4, -0.2) is 54.7 Å². The van der Waals surface area contributed by atoms with Crippen molar-refractivity contribution in [3.8, 4) is 16.9 Å². The molecule has 4 aliphatic rings. The van der Waals surface area contributed by atoms with Gasteiger partial charge in [-0.25, -0.2) is 0 Å². The number of allylic oxidation sites excluding steroid dienone is 1. The fourth-order valence-corrected chi connectivity index (χ4v) is 7.96. The van der Waals surface area contributed by atoms with Gasteiger partial charge in [-0.15, -0.1) is 0 Å². The number of hydrogen-bond acceptors (Lipinski definition) is 8. The van der Waals surface area contributed by atoms with Gasteiger partial charge in [0, 0.05) is 29.4 Å². The van der Waals surface area contributed by atoms with Crippen LogP contribution in [0.5, 0.6) is 5.75 Å². The molecule has 1 saturated carbocycles. The van der Waals surface area contributed by atoms with Crippen molar-refractivity contribution in [2.24, 2.45) is 29.4 Å². The Morgan fingerprint density at radius 1 is 1.02 bits per heavy atom. The predicted molar refractivity (Wildman–Crippen MR) is 157 cm³/mol. The van der Waals surface area contributed by atoms with Crippen LogP contribution >= 0.6 is 0 Å². The summed E-state index contributed by atoms with van der Waals surface area (Å²) in [5, 5.41) is 56.2. The standard InChI is InChI=1S/C34H37NO8/c1-15-6-8-17(9-7-15)12-18-4-3-5-19(13-18)21-11-10-20-16(2)24-27(30(39)25(20)28(21)37)32(41)34(43)22(29(24)38)14-23(36)26(31(34)40)33(35)42/h3-5,10-11,13,15-17,22,24,29,36-38,41,43H,6-9,12,14H2,1-2H3,(H2,35,42)/t15?,16-,17?,22+,24+,29+,34+/m0/s1. The van der Waals surface area contributed by atoms with Crippen molar-refractivity contribution < 1.29 is 39.9 Å². The summed E-state index contributed by atoms with van der Waals surface area (Å²) >= 11 is 0. The Balaban J connectivity index is 1.42. The van der Waals surface area contributed by atoms with Crippen molar-refractivity contribution in [1.29, 1.82) is 0 Å². The van der Waals surface area contributed by atoms with Gasteiger partial charge in [0.15, 0.2) is 11.4 Å². The minimum atomic E-state index is -2.85. The first-order valence-corrected chi connectivity index (χ1v) is 15.0. The van der Waals surface area contributed by atoms with E-state index in [-0.39, 0.29) is 11.3 Å². The Bertz CT molecular complexity index is 1610. The molecular weight excluding hydrogens is 550 g/mol. The molecular formula is C34H37NO8. The molecule has 0 saturated heterocycles. The Morgan fingerprint density at radius 2 is 1.72 bits per heavy atom. The number of fused-ring (bicyclic) bond motifs is 3.